The molecule has 3 aromatic rings. The number of hydrogen-bond donors (Lipinski definition) is 4. The maximum atomic E-state index is 12.1. The molecule has 4 N–H and O–H groups in total. The standard InChI is InChI=1S/C15H10BrN5O2/c16-9-3-1-2-4-10(9)18-14(22)19-11-6-5-8(7-17)12-13(11)21-15(23)20-12/h1-6H,(H2,18,19,22)(H2,20,21,23). The number of benzene rings is 2. The van der Waals surface area contributed by atoms with Crippen molar-refractivity contribution in [2.24, 2.45) is 0 Å². The van der Waals surface area contributed by atoms with Gasteiger partial charge in [-0.2, -0.15) is 5.26 Å². The van der Waals surface area contributed by atoms with Crippen LogP contribution >= 0.6 is 15.9 Å². The van der Waals surface area contributed by atoms with E-state index in [0.717, 1.165) is 4.47 Å². The van der Waals surface area contributed by atoms with Gasteiger partial charge in [0.05, 0.1) is 28.0 Å². The van der Waals surface area contributed by atoms with E-state index in [-0.39, 0.29) is 0 Å². The number of aromatic nitrogens is 2. The van der Waals surface area contributed by atoms with Crippen molar-refractivity contribution in [1.82, 2.24) is 9.97 Å². The molecule has 0 saturated carbocycles. The summed E-state index contributed by atoms with van der Waals surface area (Å²) in [5.41, 5.74) is 1.60. The Labute approximate surface area is 138 Å². The Morgan fingerprint density at radius 3 is 2.48 bits per heavy atom. The van der Waals surface area contributed by atoms with Gasteiger partial charge in [-0.3, -0.25) is 0 Å². The molecule has 0 aliphatic carbocycles. The Kier molecular flexibility index (Phi) is 3.87. The highest BCUT2D eigenvalue weighted by Gasteiger charge is 2.12. The van der Waals surface area contributed by atoms with Crippen molar-refractivity contribution >= 4 is 44.4 Å². The molecule has 0 spiro atoms. The maximum absolute atomic E-state index is 12.1. The van der Waals surface area contributed by atoms with Crippen molar-refractivity contribution < 1.29 is 4.79 Å². The van der Waals surface area contributed by atoms with Gasteiger partial charge in [0.1, 0.15) is 6.07 Å². The molecule has 0 bridgehead atoms. The number of urea groups is 1. The second kappa shape index (κ2) is 5.98. The highest BCUT2D eigenvalue weighted by atomic mass is 79.9. The van der Waals surface area contributed by atoms with Crippen LogP contribution in [0.1, 0.15) is 5.56 Å². The molecule has 0 aliphatic rings. The summed E-state index contributed by atoms with van der Waals surface area (Å²) in [4.78, 5) is 28.7. The SMILES string of the molecule is N#Cc1ccc(NC(=O)Nc2ccccc2Br)c2[nH]c(=O)[nH]c12. The monoisotopic (exact) mass is 371 g/mol. The van der Waals surface area contributed by atoms with Crippen molar-refractivity contribution in [1.29, 1.82) is 5.26 Å². The van der Waals surface area contributed by atoms with E-state index in [1.807, 2.05) is 12.1 Å². The van der Waals surface area contributed by atoms with E-state index in [2.05, 4.69) is 36.5 Å². The van der Waals surface area contributed by atoms with Crippen LogP contribution in [0.15, 0.2) is 45.7 Å². The predicted molar refractivity (Wildman–Crippen MR) is 90.4 cm³/mol. The number of amides is 2. The number of H-pyrrole nitrogens is 2. The van der Waals surface area contributed by atoms with E-state index in [1.54, 1.807) is 24.3 Å². The number of hydrogen-bond acceptors (Lipinski definition) is 3. The Hall–Kier alpha value is -3.05. The van der Waals surface area contributed by atoms with Gasteiger partial charge in [0.25, 0.3) is 0 Å². The number of nitriles is 1. The molecule has 3 rings (SSSR count). The number of nitrogens with zero attached hydrogens (tertiary/aromatic N) is 1. The molecule has 114 valence electrons. The number of rotatable bonds is 2. The summed E-state index contributed by atoms with van der Waals surface area (Å²) in [5.74, 6) is 0. The van der Waals surface area contributed by atoms with Crippen LogP contribution in [0.4, 0.5) is 16.2 Å². The molecule has 0 saturated heterocycles. The summed E-state index contributed by atoms with van der Waals surface area (Å²) >= 11 is 3.34. The van der Waals surface area contributed by atoms with E-state index in [1.165, 1.54) is 6.07 Å². The molecule has 0 fully saturated rings. The Balaban J connectivity index is 1.90. The van der Waals surface area contributed by atoms with E-state index in [0.29, 0.717) is 28.0 Å². The fourth-order valence-corrected chi connectivity index (χ4v) is 2.54. The van der Waals surface area contributed by atoms with Crippen LogP contribution in [0.25, 0.3) is 11.0 Å². The number of anilines is 2. The van der Waals surface area contributed by atoms with Crippen molar-refractivity contribution in [3.63, 3.8) is 0 Å². The zero-order valence-corrected chi connectivity index (χ0v) is 13.2. The zero-order chi connectivity index (χ0) is 16.4. The Morgan fingerprint density at radius 2 is 1.74 bits per heavy atom. The van der Waals surface area contributed by atoms with E-state index in [4.69, 9.17) is 5.26 Å². The van der Waals surface area contributed by atoms with Crippen molar-refractivity contribution in [3.05, 3.63) is 56.9 Å². The van der Waals surface area contributed by atoms with Crippen LogP contribution < -0.4 is 16.3 Å². The minimum Gasteiger partial charge on any atom is -0.307 e. The molecule has 0 aliphatic heterocycles. The summed E-state index contributed by atoms with van der Waals surface area (Å²) < 4.78 is 0.746. The average molecular weight is 372 g/mol. The fraction of sp³-hybridized carbons (Fsp3) is 0. The molecule has 0 atom stereocenters. The van der Waals surface area contributed by atoms with Gasteiger partial charge in [-0.15, -0.1) is 0 Å². The summed E-state index contributed by atoms with van der Waals surface area (Å²) in [7, 11) is 0. The predicted octanol–water partition coefficient (Wildman–Crippen LogP) is 3.13. The largest absolute Gasteiger partial charge is 0.323 e. The number of fused-ring (bicyclic) bond motifs is 1. The summed E-state index contributed by atoms with van der Waals surface area (Å²) in [6, 6.07) is 11.8. The van der Waals surface area contributed by atoms with Gasteiger partial charge in [0, 0.05) is 4.47 Å². The Bertz CT molecular complexity index is 999. The van der Waals surface area contributed by atoms with Gasteiger partial charge in [0.2, 0.25) is 0 Å². The van der Waals surface area contributed by atoms with Gasteiger partial charge in [-0.1, -0.05) is 12.1 Å². The molecular weight excluding hydrogens is 362 g/mol. The molecular formula is C15H10BrN5O2. The molecule has 8 heteroatoms. The van der Waals surface area contributed by atoms with Crippen molar-refractivity contribution in [2.45, 2.75) is 0 Å². The molecule has 7 nitrogen and oxygen atoms in total. The van der Waals surface area contributed by atoms with Gasteiger partial charge in [-0.05, 0) is 40.2 Å². The fourth-order valence-electron chi connectivity index (χ4n) is 2.16. The molecule has 2 amide bonds. The highest BCUT2D eigenvalue weighted by Crippen LogP contribution is 2.24. The molecule has 0 radical (unpaired) electrons. The molecule has 2 aromatic carbocycles. The second-order valence-corrected chi connectivity index (χ2v) is 5.51. The van der Waals surface area contributed by atoms with Crippen molar-refractivity contribution in [2.75, 3.05) is 10.6 Å². The zero-order valence-electron chi connectivity index (χ0n) is 11.6. The third kappa shape index (κ3) is 2.95. The smallest absolute Gasteiger partial charge is 0.307 e. The molecule has 1 aromatic heterocycles. The first kappa shape index (κ1) is 14.9. The third-order valence-corrected chi connectivity index (χ3v) is 3.86. The second-order valence-electron chi connectivity index (χ2n) is 4.66. The quantitative estimate of drug-likeness (QED) is 0.554. The van der Waals surface area contributed by atoms with Gasteiger partial charge < -0.3 is 20.6 Å². The summed E-state index contributed by atoms with van der Waals surface area (Å²) in [6.45, 7) is 0. The number of carbonyl (C=O) groups excluding carboxylic acids is 1. The number of nitrogens with one attached hydrogen (secondary N) is 4. The van der Waals surface area contributed by atoms with Crippen LogP contribution in [0, 0.1) is 11.3 Å². The first-order valence-electron chi connectivity index (χ1n) is 6.56. The lowest BCUT2D eigenvalue weighted by Crippen LogP contribution is -2.20. The van der Waals surface area contributed by atoms with Crippen LogP contribution in [0.2, 0.25) is 0 Å². The summed E-state index contributed by atoms with van der Waals surface area (Å²) in [5, 5.41) is 14.4. The molecule has 0 unspecified atom stereocenters. The third-order valence-electron chi connectivity index (χ3n) is 3.17. The van der Waals surface area contributed by atoms with Crippen LogP contribution in [-0.2, 0) is 0 Å². The average Bonchev–Trinajstić information content (AvgIpc) is 2.92. The number of para-hydroxylation sites is 1. The van der Waals surface area contributed by atoms with Crippen LogP contribution in [0.3, 0.4) is 0 Å². The number of halogens is 1. The first-order chi connectivity index (χ1) is 11.1. The van der Waals surface area contributed by atoms with E-state index < -0.39 is 11.7 Å². The minimum absolute atomic E-state index is 0.315. The molecule has 23 heavy (non-hydrogen) atoms. The maximum Gasteiger partial charge on any atom is 0.323 e. The minimum atomic E-state index is -0.468. The van der Waals surface area contributed by atoms with E-state index in [9.17, 15) is 9.59 Å². The van der Waals surface area contributed by atoms with Gasteiger partial charge in [0.15, 0.2) is 0 Å². The topological polar surface area (TPSA) is 114 Å². The van der Waals surface area contributed by atoms with E-state index >= 15 is 0 Å². The Morgan fingerprint density at radius 1 is 1.04 bits per heavy atom. The number of carbonyl (C=O) groups is 1. The lowest BCUT2D eigenvalue weighted by Gasteiger charge is -2.10. The first-order valence-corrected chi connectivity index (χ1v) is 7.35. The van der Waals surface area contributed by atoms with Gasteiger partial charge >= 0.3 is 11.7 Å². The van der Waals surface area contributed by atoms with Crippen LogP contribution in [-0.4, -0.2) is 16.0 Å². The number of aromatic amines is 2. The highest BCUT2D eigenvalue weighted by molar-refractivity contribution is 9.10. The molecule has 1 heterocycles. The summed E-state index contributed by atoms with van der Waals surface area (Å²) in [6.07, 6.45) is 0. The van der Waals surface area contributed by atoms with Crippen molar-refractivity contribution in [3.8, 4) is 6.07 Å². The number of imidazole rings is 1. The van der Waals surface area contributed by atoms with Crippen LogP contribution in [0.5, 0.6) is 0 Å². The lowest BCUT2D eigenvalue weighted by atomic mass is 10.2. The normalized spacial score (nSPS) is 10.3. The lowest BCUT2D eigenvalue weighted by molar-refractivity contribution is 0.262. The van der Waals surface area contributed by atoms with Gasteiger partial charge in [-0.25, -0.2) is 9.59 Å².